The van der Waals surface area contributed by atoms with Gasteiger partial charge in [-0.2, -0.15) is 13.9 Å². The fourth-order valence-corrected chi connectivity index (χ4v) is 4.67. The minimum atomic E-state index is -2.80. The number of allylic oxidation sites excluding steroid dienone is 1. The number of hydrogen-bond acceptors (Lipinski definition) is 6. The minimum absolute atomic E-state index is 0.0384. The Kier molecular flexibility index (Phi) is 7.41. The average Bonchev–Trinajstić information content (AvgIpc) is 3.54. The number of aromatic nitrogens is 4. The lowest BCUT2D eigenvalue weighted by atomic mass is 10.1. The Hall–Kier alpha value is -4.37. The van der Waals surface area contributed by atoms with Crippen molar-refractivity contribution in [3.05, 3.63) is 64.4 Å². The van der Waals surface area contributed by atoms with Gasteiger partial charge in [-0.05, 0) is 31.1 Å². The number of methoxy groups -OCH3 is 1. The topological polar surface area (TPSA) is 120 Å². The molecule has 0 unspecified atom stereocenters. The second-order valence-corrected chi connectivity index (χ2v) is 8.77. The molecule has 1 aromatic carbocycles. The summed E-state index contributed by atoms with van der Waals surface area (Å²) in [7, 11) is 3.07. The fraction of sp³-hybridized carbons (Fsp3) is 0.280. The second-order valence-electron chi connectivity index (χ2n) is 8.36. The maximum atomic E-state index is 13.6. The summed E-state index contributed by atoms with van der Waals surface area (Å²) >= 11 is 6.35. The predicted octanol–water partition coefficient (Wildman–Crippen LogP) is 3.58. The predicted molar refractivity (Wildman–Crippen MR) is 138 cm³/mol. The Bertz CT molecular complexity index is 1550. The number of aryl methyl sites for hydroxylation is 1. The summed E-state index contributed by atoms with van der Waals surface area (Å²) < 4.78 is 34.6. The van der Waals surface area contributed by atoms with Crippen molar-refractivity contribution in [2.75, 3.05) is 26.0 Å². The molecule has 0 bridgehead atoms. The van der Waals surface area contributed by atoms with Crippen LogP contribution >= 0.6 is 11.6 Å². The van der Waals surface area contributed by atoms with E-state index in [1.54, 1.807) is 11.7 Å². The number of likely N-dealkylation sites (tertiary alicyclic amines) is 1. The number of imidazole rings is 1. The highest BCUT2D eigenvalue weighted by Gasteiger charge is 2.35. The van der Waals surface area contributed by atoms with Crippen LogP contribution in [0, 0.1) is 18.8 Å². The van der Waals surface area contributed by atoms with Gasteiger partial charge in [-0.1, -0.05) is 24.1 Å². The van der Waals surface area contributed by atoms with E-state index in [2.05, 4.69) is 33.8 Å². The number of anilines is 1. The first kappa shape index (κ1) is 26.7. The lowest BCUT2D eigenvalue weighted by Gasteiger charge is -2.16. The Morgan fingerprint density at radius 3 is 2.71 bits per heavy atom. The maximum absolute atomic E-state index is 13.6. The summed E-state index contributed by atoms with van der Waals surface area (Å²) in [6.07, 6.45) is 3.03. The van der Waals surface area contributed by atoms with Crippen molar-refractivity contribution in [2.45, 2.75) is 25.9 Å². The lowest BCUT2D eigenvalue weighted by molar-refractivity contribution is -0.123. The molecule has 3 N–H and O–H groups in total. The van der Waals surface area contributed by atoms with Crippen LogP contribution in [0.25, 0.3) is 11.0 Å². The number of halogens is 3. The van der Waals surface area contributed by atoms with Crippen molar-refractivity contribution in [3.63, 3.8) is 0 Å². The summed E-state index contributed by atoms with van der Waals surface area (Å²) in [5.74, 6) is 4.99. The number of alkyl halides is 2. The second kappa shape index (κ2) is 10.5. The molecule has 1 fully saturated rings. The summed E-state index contributed by atoms with van der Waals surface area (Å²) in [5.41, 5.74) is 7.09. The van der Waals surface area contributed by atoms with Crippen LogP contribution < -0.4 is 11.1 Å². The molecule has 2 amide bonds. The zero-order valence-electron chi connectivity index (χ0n) is 20.8. The van der Waals surface area contributed by atoms with E-state index in [0.717, 1.165) is 4.57 Å². The number of nitrogens with two attached hydrogens (primary N) is 1. The highest BCUT2D eigenvalue weighted by atomic mass is 35.5. The van der Waals surface area contributed by atoms with Gasteiger partial charge in [0.1, 0.15) is 23.5 Å². The van der Waals surface area contributed by atoms with E-state index in [4.69, 9.17) is 22.1 Å². The van der Waals surface area contributed by atoms with Crippen LogP contribution in [0.1, 0.15) is 46.5 Å². The molecule has 13 heteroatoms. The number of benzene rings is 1. The number of rotatable bonds is 6. The number of amides is 2. The largest absolute Gasteiger partial charge is 0.503 e. The highest BCUT2D eigenvalue weighted by Crippen LogP contribution is 2.34. The number of carbonyl (C=O) groups excluding carboxylic acids is 2. The van der Waals surface area contributed by atoms with Gasteiger partial charge in [0.25, 0.3) is 5.91 Å². The summed E-state index contributed by atoms with van der Waals surface area (Å²) in [6, 6.07) is 2.49. The molecule has 1 saturated heterocycles. The van der Waals surface area contributed by atoms with Crippen LogP contribution in [-0.2, 0) is 9.53 Å². The first-order chi connectivity index (χ1) is 18.1. The van der Waals surface area contributed by atoms with Gasteiger partial charge < -0.3 is 20.7 Å². The summed E-state index contributed by atoms with van der Waals surface area (Å²) in [5, 5.41) is 7.66. The van der Waals surface area contributed by atoms with Crippen LogP contribution in [0.15, 0.2) is 36.7 Å². The van der Waals surface area contributed by atoms with Crippen molar-refractivity contribution in [1.29, 1.82) is 0 Å². The smallest absolute Gasteiger partial charge is 0.320 e. The van der Waals surface area contributed by atoms with Crippen LogP contribution in [0.4, 0.5) is 14.6 Å². The van der Waals surface area contributed by atoms with Crippen molar-refractivity contribution in [1.82, 2.24) is 24.2 Å². The molecule has 0 spiro atoms. The third-order valence-electron chi connectivity index (χ3n) is 6.08. The standard InChI is InChI=1S/C25H24ClF2N7O3/c1-5-21(36)33-11-15(9-16(33)12-38-4)35-24(30-3)22(23(29)37)18(32-35)7-6-14-8-20-19(10-17(14)26)31-13(2)34(20)25(27)28/h5,8,10,12,15,25,30H,1,9,11H2,2-4H3,(H2,29,37)/b16-12+/t15-/m0/s1. The van der Waals surface area contributed by atoms with Gasteiger partial charge in [0.15, 0.2) is 5.69 Å². The Morgan fingerprint density at radius 2 is 2.11 bits per heavy atom. The lowest BCUT2D eigenvalue weighted by Crippen LogP contribution is -2.27. The first-order valence-electron chi connectivity index (χ1n) is 11.3. The van der Waals surface area contributed by atoms with E-state index < -0.39 is 12.5 Å². The van der Waals surface area contributed by atoms with Crippen molar-refractivity contribution in [3.8, 4) is 11.8 Å². The molecule has 3 heterocycles. The van der Waals surface area contributed by atoms with Crippen LogP contribution in [0.3, 0.4) is 0 Å². The quantitative estimate of drug-likeness (QED) is 0.278. The number of fused-ring (bicyclic) bond motifs is 1. The van der Waals surface area contributed by atoms with E-state index in [9.17, 15) is 18.4 Å². The van der Waals surface area contributed by atoms with Gasteiger partial charge in [-0.3, -0.25) is 14.2 Å². The number of nitrogens with zero attached hydrogens (tertiary/aromatic N) is 5. The van der Waals surface area contributed by atoms with Crippen LogP contribution in [-0.4, -0.2) is 56.7 Å². The molecule has 1 aliphatic rings. The van der Waals surface area contributed by atoms with Crippen LogP contribution in [0.5, 0.6) is 0 Å². The summed E-state index contributed by atoms with van der Waals surface area (Å²) in [6.45, 7) is 2.44. The third-order valence-corrected chi connectivity index (χ3v) is 6.40. The Morgan fingerprint density at radius 1 is 1.37 bits per heavy atom. The molecule has 0 saturated carbocycles. The minimum Gasteiger partial charge on any atom is -0.503 e. The number of hydrogen-bond donors (Lipinski definition) is 2. The molecule has 10 nitrogen and oxygen atoms in total. The molecular weight excluding hydrogens is 520 g/mol. The van der Waals surface area contributed by atoms with E-state index >= 15 is 0 Å². The van der Waals surface area contributed by atoms with Gasteiger partial charge in [0.05, 0.1) is 34.9 Å². The number of carbonyl (C=O) groups is 2. The van der Waals surface area contributed by atoms with Gasteiger partial charge in [0, 0.05) is 25.6 Å². The van der Waals surface area contributed by atoms with Gasteiger partial charge >= 0.3 is 6.55 Å². The highest BCUT2D eigenvalue weighted by molar-refractivity contribution is 6.32. The van der Waals surface area contributed by atoms with E-state index in [1.165, 1.54) is 43.4 Å². The van der Waals surface area contributed by atoms with Crippen molar-refractivity contribution < 1.29 is 23.1 Å². The molecule has 1 atom stereocenters. The molecule has 0 radical (unpaired) electrons. The Labute approximate surface area is 221 Å². The molecule has 38 heavy (non-hydrogen) atoms. The maximum Gasteiger partial charge on any atom is 0.320 e. The van der Waals surface area contributed by atoms with E-state index in [0.29, 0.717) is 23.5 Å². The number of ether oxygens (including phenoxy) is 1. The Balaban J connectivity index is 1.80. The molecule has 0 aliphatic carbocycles. The monoisotopic (exact) mass is 543 g/mol. The zero-order chi connectivity index (χ0) is 27.7. The summed E-state index contributed by atoms with van der Waals surface area (Å²) in [4.78, 5) is 30.4. The average molecular weight is 544 g/mol. The zero-order valence-corrected chi connectivity index (χ0v) is 21.5. The molecule has 3 aromatic rings. The van der Waals surface area contributed by atoms with Crippen molar-refractivity contribution >= 4 is 40.3 Å². The molecule has 198 valence electrons. The van der Waals surface area contributed by atoms with Gasteiger partial charge in [0.2, 0.25) is 5.91 Å². The first-order valence-corrected chi connectivity index (χ1v) is 11.7. The van der Waals surface area contributed by atoms with E-state index in [-0.39, 0.29) is 51.7 Å². The molecule has 4 rings (SSSR count). The van der Waals surface area contributed by atoms with E-state index in [1.807, 2.05) is 0 Å². The number of primary amides is 1. The van der Waals surface area contributed by atoms with Crippen LogP contribution in [0.2, 0.25) is 5.02 Å². The third kappa shape index (κ3) is 4.68. The SMILES string of the molecule is C=CC(=O)N1C[C@@H](n2nc(C#Cc3cc4c(cc3Cl)nc(C)n4C(F)F)c(C(N)=O)c2NC)C/C1=C\OC. The molecular formula is C25H24ClF2N7O3. The normalized spacial score (nSPS) is 16.1. The molecule has 2 aromatic heterocycles. The van der Waals surface area contributed by atoms with Gasteiger partial charge in [-0.25, -0.2) is 9.67 Å². The fourth-order valence-electron chi connectivity index (χ4n) is 4.46. The van der Waals surface area contributed by atoms with Gasteiger partial charge in [-0.15, -0.1) is 0 Å². The molecule has 1 aliphatic heterocycles. The number of nitrogens with one attached hydrogen (secondary N) is 1. The van der Waals surface area contributed by atoms with Crippen molar-refractivity contribution in [2.24, 2.45) is 5.73 Å².